The van der Waals surface area contributed by atoms with E-state index in [1.54, 1.807) is 13.0 Å². The van der Waals surface area contributed by atoms with E-state index in [1.165, 1.54) is 18.2 Å². The molecule has 0 atom stereocenters. The van der Waals surface area contributed by atoms with Crippen molar-refractivity contribution in [3.63, 3.8) is 0 Å². The van der Waals surface area contributed by atoms with E-state index in [2.05, 4.69) is 5.43 Å². The molecule has 0 saturated carbocycles. The Morgan fingerprint density at radius 1 is 1.39 bits per heavy atom. The number of halogens is 3. The molecular weight excluding hydrogens is 249 g/mol. The molecule has 0 unspecified atom stereocenters. The average molecular weight is 262 g/mol. The van der Waals surface area contributed by atoms with Crippen LogP contribution in [0, 0.1) is 0 Å². The molecule has 0 amide bonds. The molecule has 0 bridgehead atoms. The Balaban J connectivity index is 2.57. The lowest BCUT2D eigenvalue weighted by Gasteiger charge is -2.11. The number of carbonyl (C=O) groups excluding carboxylic acids is 1. The van der Waals surface area contributed by atoms with Crippen molar-refractivity contribution in [1.82, 2.24) is 5.43 Å². The molecule has 1 rings (SSSR count). The minimum absolute atomic E-state index is 0.239. The van der Waals surface area contributed by atoms with Crippen molar-refractivity contribution in [2.75, 3.05) is 18.6 Å². The van der Waals surface area contributed by atoms with E-state index in [0.717, 1.165) is 0 Å². The first kappa shape index (κ1) is 14.3. The van der Waals surface area contributed by atoms with Crippen LogP contribution in [-0.2, 0) is 4.74 Å². The van der Waals surface area contributed by atoms with Crippen LogP contribution in [-0.4, -0.2) is 25.3 Å². The zero-order valence-electron chi connectivity index (χ0n) is 9.67. The lowest BCUT2D eigenvalue weighted by molar-refractivity contribution is -0.123. The monoisotopic (exact) mass is 262 g/mol. The highest BCUT2D eigenvalue weighted by Gasteiger charge is 2.26. The van der Waals surface area contributed by atoms with E-state index >= 15 is 0 Å². The van der Waals surface area contributed by atoms with Crippen LogP contribution < -0.4 is 10.9 Å². The van der Waals surface area contributed by atoms with Gasteiger partial charge in [0, 0.05) is 5.69 Å². The quantitative estimate of drug-likeness (QED) is 0.631. The minimum atomic E-state index is -4.30. The van der Waals surface area contributed by atoms with E-state index in [4.69, 9.17) is 4.74 Å². The van der Waals surface area contributed by atoms with Crippen LogP contribution in [0.1, 0.15) is 17.3 Å². The van der Waals surface area contributed by atoms with E-state index in [-0.39, 0.29) is 12.2 Å². The molecule has 0 aromatic heterocycles. The summed E-state index contributed by atoms with van der Waals surface area (Å²) < 4.78 is 40.4. The van der Waals surface area contributed by atoms with Gasteiger partial charge in [-0.25, -0.2) is 10.2 Å². The first-order valence-corrected chi connectivity index (χ1v) is 5.25. The van der Waals surface area contributed by atoms with Gasteiger partial charge in [0.1, 0.15) is 6.54 Å². The topological polar surface area (TPSA) is 50.4 Å². The van der Waals surface area contributed by atoms with Gasteiger partial charge in [0.05, 0.1) is 12.2 Å². The molecule has 1 aromatic rings. The number of rotatable bonds is 5. The van der Waals surface area contributed by atoms with Gasteiger partial charge in [-0.2, -0.15) is 13.2 Å². The van der Waals surface area contributed by atoms with Crippen molar-refractivity contribution in [3.05, 3.63) is 29.8 Å². The number of anilines is 1. The lowest BCUT2D eigenvalue weighted by Crippen LogP contribution is -2.33. The van der Waals surface area contributed by atoms with E-state index in [1.807, 2.05) is 5.43 Å². The standard InChI is InChI=1S/C11H13F3N2O2/c1-2-18-10(17)8-4-3-5-9(6-8)16-15-7-11(12,13)14/h3-6,15-16H,2,7H2,1H3. The zero-order chi connectivity index (χ0) is 13.6. The molecule has 1 aromatic carbocycles. The summed E-state index contributed by atoms with van der Waals surface area (Å²) in [4.78, 5) is 11.4. The zero-order valence-corrected chi connectivity index (χ0v) is 9.67. The van der Waals surface area contributed by atoms with Gasteiger partial charge in [-0.05, 0) is 25.1 Å². The summed E-state index contributed by atoms with van der Waals surface area (Å²) in [6, 6.07) is 6.00. The fourth-order valence-electron chi connectivity index (χ4n) is 1.18. The summed E-state index contributed by atoms with van der Waals surface area (Å²) in [7, 11) is 0. The van der Waals surface area contributed by atoms with Crippen molar-refractivity contribution < 1.29 is 22.7 Å². The number of carbonyl (C=O) groups is 1. The van der Waals surface area contributed by atoms with E-state index in [9.17, 15) is 18.0 Å². The van der Waals surface area contributed by atoms with E-state index < -0.39 is 18.7 Å². The Labute approximate surface area is 102 Å². The van der Waals surface area contributed by atoms with Crippen LogP contribution in [0.25, 0.3) is 0 Å². The highest BCUT2D eigenvalue weighted by Crippen LogP contribution is 2.14. The predicted molar refractivity (Wildman–Crippen MR) is 60.1 cm³/mol. The third-order valence-corrected chi connectivity index (χ3v) is 1.90. The molecule has 2 N–H and O–H groups in total. The lowest BCUT2D eigenvalue weighted by atomic mass is 10.2. The Morgan fingerprint density at radius 2 is 2.11 bits per heavy atom. The van der Waals surface area contributed by atoms with Crippen LogP contribution in [0.15, 0.2) is 24.3 Å². The summed E-state index contributed by atoms with van der Waals surface area (Å²) in [5.74, 6) is -0.517. The molecule has 0 aliphatic carbocycles. The van der Waals surface area contributed by atoms with Gasteiger partial charge in [0.25, 0.3) is 0 Å². The number of hydrogen-bond acceptors (Lipinski definition) is 4. The number of hydrazine groups is 1. The third-order valence-electron chi connectivity index (χ3n) is 1.90. The molecule has 18 heavy (non-hydrogen) atoms. The normalized spacial score (nSPS) is 11.1. The molecule has 0 radical (unpaired) electrons. The minimum Gasteiger partial charge on any atom is -0.462 e. The Bertz CT molecular complexity index is 408. The fraction of sp³-hybridized carbons (Fsp3) is 0.364. The molecule has 0 heterocycles. The third kappa shape index (κ3) is 5.05. The maximum Gasteiger partial charge on any atom is 0.402 e. The summed E-state index contributed by atoms with van der Waals surface area (Å²) in [6.07, 6.45) is -4.30. The van der Waals surface area contributed by atoms with Crippen LogP contribution in [0.2, 0.25) is 0 Å². The summed E-state index contributed by atoms with van der Waals surface area (Å²) >= 11 is 0. The first-order valence-electron chi connectivity index (χ1n) is 5.25. The maximum atomic E-state index is 11.9. The second-order valence-corrected chi connectivity index (χ2v) is 3.40. The number of benzene rings is 1. The summed E-state index contributed by atoms with van der Waals surface area (Å²) in [5, 5.41) is 0. The molecule has 0 aliphatic rings. The molecule has 100 valence electrons. The second-order valence-electron chi connectivity index (χ2n) is 3.40. The van der Waals surface area contributed by atoms with Crippen molar-refractivity contribution in [2.45, 2.75) is 13.1 Å². The van der Waals surface area contributed by atoms with Crippen LogP contribution in [0.4, 0.5) is 18.9 Å². The predicted octanol–water partition coefficient (Wildman–Crippen LogP) is 2.34. The highest BCUT2D eigenvalue weighted by atomic mass is 19.4. The second kappa shape index (κ2) is 6.25. The van der Waals surface area contributed by atoms with Crippen LogP contribution in [0.5, 0.6) is 0 Å². The van der Waals surface area contributed by atoms with Crippen molar-refractivity contribution >= 4 is 11.7 Å². The van der Waals surface area contributed by atoms with Gasteiger partial charge >= 0.3 is 12.1 Å². The SMILES string of the molecule is CCOC(=O)c1cccc(NNCC(F)(F)F)c1. The van der Waals surface area contributed by atoms with Crippen molar-refractivity contribution in [1.29, 1.82) is 0 Å². The molecule has 4 nitrogen and oxygen atoms in total. The Hall–Kier alpha value is -1.76. The Morgan fingerprint density at radius 3 is 2.72 bits per heavy atom. The number of esters is 1. The van der Waals surface area contributed by atoms with Gasteiger partial charge in [-0.3, -0.25) is 0 Å². The van der Waals surface area contributed by atoms with Gasteiger partial charge in [-0.15, -0.1) is 0 Å². The number of hydrogen-bond donors (Lipinski definition) is 2. The van der Waals surface area contributed by atoms with Gasteiger partial charge < -0.3 is 10.2 Å². The molecule has 7 heteroatoms. The molecule has 0 aliphatic heterocycles. The average Bonchev–Trinajstić information content (AvgIpc) is 2.28. The number of nitrogens with one attached hydrogen (secondary N) is 2. The van der Waals surface area contributed by atoms with E-state index in [0.29, 0.717) is 5.69 Å². The smallest absolute Gasteiger partial charge is 0.402 e. The van der Waals surface area contributed by atoms with Crippen molar-refractivity contribution in [3.8, 4) is 0 Å². The largest absolute Gasteiger partial charge is 0.462 e. The van der Waals surface area contributed by atoms with Gasteiger partial charge in [0.2, 0.25) is 0 Å². The summed E-state index contributed by atoms with van der Waals surface area (Å²) in [6.45, 7) is 0.740. The molecule has 0 spiro atoms. The van der Waals surface area contributed by atoms with Crippen LogP contribution in [0.3, 0.4) is 0 Å². The molecule has 0 saturated heterocycles. The molecule has 0 fully saturated rings. The number of alkyl halides is 3. The molecular formula is C11H13F3N2O2. The van der Waals surface area contributed by atoms with Crippen molar-refractivity contribution in [2.24, 2.45) is 0 Å². The fourth-order valence-corrected chi connectivity index (χ4v) is 1.18. The van der Waals surface area contributed by atoms with Crippen LogP contribution >= 0.6 is 0 Å². The number of ether oxygens (including phenoxy) is 1. The Kier molecular flexibility index (Phi) is 4.96. The van der Waals surface area contributed by atoms with Gasteiger partial charge in [0.15, 0.2) is 0 Å². The maximum absolute atomic E-state index is 11.9. The summed E-state index contributed by atoms with van der Waals surface area (Å²) in [5.41, 5.74) is 5.00. The van der Waals surface area contributed by atoms with Gasteiger partial charge in [-0.1, -0.05) is 6.07 Å². The highest BCUT2D eigenvalue weighted by molar-refractivity contribution is 5.90. The first-order chi connectivity index (χ1) is 8.42.